The van der Waals surface area contributed by atoms with Crippen molar-refractivity contribution in [2.45, 2.75) is 39.2 Å². The van der Waals surface area contributed by atoms with E-state index in [1.165, 1.54) is 29.5 Å². The number of aromatic nitrogens is 1. The minimum absolute atomic E-state index is 0.125. The third-order valence-corrected chi connectivity index (χ3v) is 6.38. The number of benzene rings is 1. The van der Waals surface area contributed by atoms with E-state index in [4.69, 9.17) is 4.52 Å². The molecule has 1 aromatic carbocycles. The quantitative estimate of drug-likeness (QED) is 0.832. The van der Waals surface area contributed by atoms with Crippen LogP contribution >= 0.6 is 0 Å². The molecule has 28 heavy (non-hydrogen) atoms. The van der Waals surface area contributed by atoms with Crippen LogP contribution in [-0.2, 0) is 0 Å². The van der Waals surface area contributed by atoms with E-state index in [2.05, 4.69) is 52.3 Å². The third kappa shape index (κ3) is 4.22. The van der Waals surface area contributed by atoms with E-state index in [1.54, 1.807) is 6.07 Å². The van der Waals surface area contributed by atoms with Gasteiger partial charge in [-0.3, -0.25) is 9.69 Å². The molecule has 1 aliphatic heterocycles. The molecule has 0 bridgehead atoms. The van der Waals surface area contributed by atoms with E-state index in [0.29, 0.717) is 5.69 Å². The van der Waals surface area contributed by atoms with E-state index in [1.807, 2.05) is 0 Å². The number of nitrogens with zero attached hydrogens (tertiary/aromatic N) is 3. The molecule has 0 spiro atoms. The second-order valence-corrected chi connectivity index (χ2v) is 8.23. The summed E-state index contributed by atoms with van der Waals surface area (Å²) in [6.45, 7) is 10.0. The zero-order chi connectivity index (χ0) is 19.5. The zero-order valence-corrected chi connectivity index (χ0v) is 16.9. The van der Waals surface area contributed by atoms with Gasteiger partial charge in [0.1, 0.15) is 6.26 Å². The van der Waals surface area contributed by atoms with Crippen LogP contribution in [0.2, 0.25) is 0 Å². The summed E-state index contributed by atoms with van der Waals surface area (Å²) in [7, 11) is 0. The highest BCUT2D eigenvalue weighted by molar-refractivity contribution is 5.92. The van der Waals surface area contributed by atoms with Gasteiger partial charge in [-0.25, -0.2) is 0 Å². The molecule has 6 nitrogen and oxygen atoms in total. The van der Waals surface area contributed by atoms with Crippen LogP contribution in [0.1, 0.15) is 40.9 Å². The van der Waals surface area contributed by atoms with E-state index < -0.39 is 0 Å². The Labute approximate surface area is 166 Å². The Balaban J connectivity index is 1.15. The predicted molar refractivity (Wildman–Crippen MR) is 110 cm³/mol. The molecule has 1 aliphatic carbocycles. The van der Waals surface area contributed by atoms with Crippen LogP contribution in [0.25, 0.3) is 0 Å². The van der Waals surface area contributed by atoms with E-state index in [9.17, 15) is 4.79 Å². The summed E-state index contributed by atoms with van der Waals surface area (Å²) >= 11 is 0. The number of nitrogens with one attached hydrogen (secondary N) is 1. The highest BCUT2D eigenvalue weighted by Crippen LogP contribution is 2.31. The standard InChI is InChI=1S/C22H30N4O2/c1-16-4-3-5-21(17(16)2)26-11-9-25(10-12-26)8-6-18-14-19(15-18)23-22(27)20-7-13-28-24-20/h3-5,7,13,18-19H,6,8-12,14-15H2,1-2H3,(H,23,27). The van der Waals surface area contributed by atoms with Crippen molar-refractivity contribution < 1.29 is 9.32 Å². The first-order chi connectivity index (χ1) is 13.6. The molecule has 2 aromatic rings. The normalized spacial score (nSPS) is 22.7. The maximum Gasteiger partial charge on any atom is 0.273 e. The van der Waals surface area contributed by atoms with Gasteiger partial charge in [0.25, 0.3) is 5.91 Å². The van der Waals surface area contributed by atoms with Gasteiger partial charge >= 0.3 is 0 Å². The number of hydrogen-bond donors (Lipinski definition) is 1. The van der Waals surface area contributed by atoms with Gasteiger partial charge in [0.05, 0.1) is 0 Å². The Bertz CT molecular complexity index is 791. The number of anilines is 1. The number of rotatable bonds is 6. The number of carbonyl (C=O) groups excluding carboxylic acids is 1. The van der Waals surface area contributed by atoms with Gasteiger partial charge < -0.3 is 14.7 Å². The van der Waals surface area contributed by atoms with Crippen molar-refractivity contribution in [2.75, 3.05) is 37.6 Å². The Morgan fingerprint density at radius 3 is 2.68 bits per heavy atom. The van der Waals surface area contributed by atoms with Crippen molar-refractivity contribution in [3.05, 3.63) is 47.3 Å². The van der Waals surface area contributed by atoms with Crippen molar-refractivity contribution in [3.8, 4) is 0 Å². The second-order valence-electron chi connectivity index (χ2n) is 8.23. The van der Waals surface area contributed by atoms with Crippen LogP contribution in [0, 0.1) is 19.8 Å². The predicted octanol–water partition coefficient (Wildman–Crippen LogP) is 3.01. The number of carbonyl (C=O) groups is 1. The summed E-state index contributed by atoms with van der Waals surface area (Å²) < 4.78 is 4.72. The van der Waals surface area contributed by atoms with E-state index >= 15 is 0 Å². The van der Waals surface area contributed by atoms with Crippen molar-refractivity contribution in [1.82, 2.24) is 15.4 Å². The number of aryl methyl sites for hydroxylation is 1. The smallest absolute Gasteiger partial charge is 0.273 e. The van der Waals surface area contributed by atoms with Crippen LogP contribution in [0.5, 0.6) is 0 Å². The van der Waals surface area contributed by atoms with E-state index in [0.717, 1.165) is 51.5 Å². The molecule has 2 aliphatic rings. The summed E-state index contributed by atoms with van der Waals surface area (Å²) in [6, 6.07) is 8.49. The fourth-order valence-corrected chi connectivity index (χ4v) is 4.33. The molecule has 150 valence electrons. The molecular formula is C22H30N4O2. The third-order valence-electron chi connectivity index (χ3n) is 6.38. The lowest BCUT2D eigenvalue weighted by Crippen LogP contribution is -2.48. The average molecular weight is 383 g/mol. The molecule has 0 unspecified atom stereocenters. The molecule has 1 aromatic heterocycles. The number of hydrogen-bond acceptors (Lipinski definition) is 5. The highest BCUT2D eigenvalue weighted by Gasteiger charge is 2.31. The van der Waals surface area contributed by atoms with Crippen molar-refractivity contribution >= 4 is 11.6 Å². The summed E-state index contributed by atoms with van der Waals surface area (Å²) in [6.07, 6.45) is 4.80. The topological polar surface area (TPSA) is 61.6 Å². The lowest BCUT2D eigenvalue weighted by Gasteiger charge is -2.40. The van der Waals surface area contributed by atoms with Gasteiger partial charge in [0.2, 0.25) is 0 Å². The lowest BCUT2D eigenvalue weighted by molar-refractivity contribution is 0.0868. The molecular weight excluding hydrogens is 352 g/mol. The Hall–Kier alpha value is -2.34. The van der Waals surface area contributed by atoms with Crippen LogP contribution in [0.3, 0.4) is 0 Å². The molecule has 1 amide bonds. The van der Waals surface area contributed by atoms with Crippen molar-refractivity contribution in [3.63, 3.8) is 0 Å². The maximum atomic E-state index is 12.0. The first-order valence-corrected chi connectivity index (χ1v) is 10.3. The minimum Gasteiger partial charge on any atom is -0.369 e. The Kier molecular flexibility index (Phi) is 5.67. The molecule has 4 rings (SSSR count). The molecule has 2 heterocycles. The van der Waals surface area contributed by atoms with Crippen LogP contribution in [-0.4, -0.2) is 54.7 Å². The largest absolute Gasteiger partial charge is 0.369 e. The van der Waals surface area contributed by atoms with Crippen LogP contribution in [0.15, 0.2) is 35.1 Å². The molecule has 6 heteroatoms. The summed E-state index contributed by atoms with van der Waals surface area (Å²) in [5, 5.41) is 6.72. The fraction of sp³-hybridized carbons (Fsp3) is 0.545. The highest BCUT2D eigenvalue weighted by atomic mass is 16.5. The second kappa shape index (κ2) is 8.35. The summed E-state index contributed by atoms with van der Waals surface area (Å²) in [5.74, 6) is 0.597. The summed E-state index contributed by atoms with van der Waals surface area (Å²) in [4.78, 5) is 17.1. The molecule has 1 N–H and O–H groups in total. The van der Waals surface area contributed by atoms with Gasteiger partial charge in [0.15, 0.2) is 5.69 Å². The fourth-order valence-electron chi connectivity index (χ4n) is 4.33. The first kappa shape index (κ1) is 19.0. The monoisotopic (exact) mass is 382 g/mol. The van der Waals surface area contributed by atoms with Crippen molar-refractivity contribution in [2.24, 2.45) is 5.92 Å². The zero-order valence-electron chi connectivity index (χ0n) is 16.9. The van der Waals surface area contributed by atoms with Gasteiger partial charge in [0, 0.05) is 44.0 Å². The van der Waals surface area contributed by atoms with Gasteiger partial charge in [-0.2, -0.15) is 0 Å². The Morgan fingerprint density at radius 2 is 1.96 bits per heavy atom. The van der Waals surface area contributed by atoms with Gasteiger partial charge in [-0.15, -0.1) is 0 Å². The Morgan fingerprint density at radius 1 is 1.18 bits per heavy atom. The van der Waals surface area contributed by atoms with Crippen LogP contribution in [0.4, 0.5) is 5.69 Å². The van der Waals surface area contributed by atoms with Gasteiger partial charge in [-0.1, -0.05) is 17.3 Å². The number of amides is 1. The minimum atomic E-state index is -0.125. The molecule has 2 fully saturated rings. The van der Waals surface area contributed by atoms with Crippen LogP contribution < -0.4 is 10.2 Å². The van der Waals surface area contributed by atoms with Crippen molar-refractivity contribution in [1.29, 1.82) is 0 Å². The maximum absolute atomic E-state index is 12.0. The average Bonchev–Trinajstić information content (AvgIpc) is 3.21. The molecule has 0 radical (unpaired) electrons. The molecule has 1 saturated heterocycles. The first-order valence-electron chi connectivity index (χ1n) is 10.3. The van der Waals surface area contributed by atoms with Gasteiger partial charge in [-0.05, 0) is 62.8 Å². The van der Waals surface area contributed by atoms with E-state index in [-0.39, 0.29) is 11.9 Å². The molecule has 1 saturated carbocycles. The lowest BCUT2D eigenvalue weighted by atomic mass is 9.78. The SMILES string of the molecule is Cc1cccc(N2CCN(CCC3CC(NC(=O)c4ccon4)C3)CC2)c1C. The molecule has 0 atom stereocenters. The number of piperazine rings is 1. The summed E-state index contributed by atoms with van der Waals surface area (Å²) in [5.41, 5.74) is 4.54.